The van der Waals surface area contributed by atoms with Crippen molar-refractivity contribution in [2.24, 2.45) is 0 Å². The molecule has 39 heavy (non-hydrogen) atoms. The molecule has 0 amide bonds. The molecule has 1 aliphatic rings. The Bertz CT molecular complexity index is 1370. The summed E-state index contributed by atoms with van der Waals surface area (Å²) in [7, 11) is 0. The zero-order valence-electron chi connectivity index (χ0n) is 22.6. The Kier molecular flexibility index (Phi) is 7.31. The molecule has 0 unspecified atom stereocenters. The molecule has 4 aromatic rings. The van der Waals surface area contributed by atoms with E-state index >= 15 is 0 Å². The van der Waals surface area contributed by atoms with Crippen molar-refractivity contribution in [2.45, 2.75) is 38.3 Å². The van der Waals surface area contributed by atoms with E-state index < -0.39 is 17.2 Å². The fraction of sp³-hybridized carbons (Fsp3) is 0.242. The molecule has 0 saturated carbocycles. The van der Waals surface area contributed by atoms with Gasteiger partial charge in [0.1, 0.15) is 5.60 Å². The second-order valence-corrected chi connectivity index (χ2v) is 10.7. The lowest BCUT2D eigenvalue weighted by Gasteiger charge is -2.47. The number of Topliss-reactive ketones (excluding diaryl/α,β-unsaturated/α-hetero) is 1. The second-order valence-electron chi connectivity index (χ2n) is 10.7. The minimum absolute atomic E-state index is 0.0844. The van der Waals surface area contributed by atoms with Crippen LogP contribution in [0.4, 0.5) is 4.79 Å². The third kappa shape index (κ3) is 5.47. The van der Waals surface area contributed by atoms with E-state index in [0.29, 0.717) is 30.8 Å². The number of carbonyl (C=O) groups excluding carboxylic acids is 2. The molecule has 5 rings (SSSR count). The van der Waals surface area contributed by atoms with Crippen LogP contribution in [0.5, 0.6) is 0 Å². The van der Waals surface area contributed by atoms with Gasteiger partial charge in [-0.05, 0) is 49.6 Å². The Morgan fingerprint density at radius 2 is 1.33 bits per heavy atom. The van der Waals surface area contributed by atoms with Gasteiger partial charge in [0.2, 0.25) is 0 Å². The molecule has 3 aromatic carbocycles. The Morgan fingerprint density at radius 3 is 1.82 bits per heavy atom. The molecule has 0 bridgehead atoms. The SMILES string of the molecule is CC(C)(C)OC(=O)n1ccc(/C=C2\CN(C(c3ccccc3)(c3ccccc3)c3ccccc3)CCC2=O)n1. The molecule has 1 fully saturated rings. The number of ketones is 1. The Labute approximate surface area is 229 Å². The fourth-order valence-corrected chi connectivity index (χ4v) is 5.27. The van der Waals surface area contributed by atoms with E-state index in [1.165, 1.54) is 4.68 Å². The van der Waals surface area contributed by atoms with Gasteiger partial charge in [-0.2, -0.15) is 9.78 Å². The zero-order valence-corrected chi connectivity index (χ0v) is 22.6. The van der Waals surface area contributed by atoms with Gasteiger partial charge < -0.3 is 4.74 Å². The number of rotatable bonds is 5. The third-order valence-corrected chi connectivity index (χ3v) is 6.89. The molecule has 1 aromatic heterocycles. The number of likely N-dealkylation sites (tertiary alicyclic amines) is 1. The lowest BCUT2D eigenvalue weighted by Crippen LogP contribution is -2.52. The van der Waals surface area contributed by atoms with Gasteiger partial charge in [-0.25, -0.2) is 4.79 Å². The van der Waals surface area contributed by atoms with Crippen molar-refractivity contribution in [3.8, 4) is 0 Å². The van der Waals surface area contributed by atoms with Crippen LogP contribution in [-0.2, 0) is 15.1 Å². The van der Waals surface area contributed by atoms with Crippen molar-refractivity contribution in [1.29, 1.82) is 0 Å². The first-order chi connectivity index (χ1) is 18.8. The number of aromatic nitrogens is 2. The molecule has 0 atom stereocenters. The normalized spacial score (nSPS) is 15.9. The van der Waals surface area contributed by atoms with Gasteiger partial charge in [-0.3, -0.25) is 9.69 Å². The predicted octanol–water partition coefficient (Wildman–Crippen LogP) is 6.32. The van der Waals surface area contributed by atoms with Crippen LogP contribution in [-0.4, -0.2) is 45.2 Å². The quantitative estimate of drug-likeness (QED) is 0.228. The molecule has 2 heterocycles. The Balaban J connectivity index is 1.58. The molecular formula is C33H33N3O3. The average Bonchev–Trinajstić information content (AvgIpc) is 3.41. The van der Waals surface area contributed by atoms with Crippen LogP contribution >= 0.6 is 0 Å². The number of ether oxygens (including phenoxy) is 1. The summed E-state index contributed by atoms with van der Waals surface area (Å²) in [4.78, 5) is 28.0. The van der Waals surface area contributed by atoms with Crippen molar-refractivity contribution in [3.05, 3.63) is 131 Å². The largest absolute Gasteiger partial charge is 0.442 e. The van der Waals surface area contributed by atoms with E-state index in [2.05, 4.69) is 82.8 Å². The summed E-state index contributed by atoms with van der Waals surface area (Å²) in [6.07, 6.45) is 3.18. The van der Waals surface area contributed by atoms with Gasteiger partial charge in [0.15, 0.2) is 5.78 Å². The maximum Gasteiger partial charge on any atom is 0.435 e. The minimum atomic E-state index is -0.628. The zero-order chi connectivity index (χ0) is 27.5. The smallest absolute Gasteiger partial charge is 0.435 e. The number of hydrogen-bond donors (Lipinski definition) is 0. The van der Waals surface area contributed by atoms with Crippen LogP contribution in [0, 0.1) is 0 Å². The summed E-state index contributed by atoms with van der Waals surface area (Å²) >= 11 is 0. The van der Waals surface area contributed by atoms with E-state index in [9.17, 15) is 9.59 Å². The van der Waals surface area contributed by atoms with Crippen LogP contribution in [0.15, 0.2) is 109 Å². The van der Waals surface area contributed by atoms with E-state index in [1.54, 1.807) is 18.3 Å². The lowest BCUT2D eigenvalue weighted by atomic mass is 9.74. The van der Waals surface area contributed by atoms with Crippen LogP contribution in [0.2, 0.25) is 0 Å². The molecule has 1 saturated heterocycles. The van der Waals surface area contributed by atoms with Crippen LogP contribution < -0.4 is 0 Å². The predicted molar refractivity (Wildman–Crippen MR) is 152 cm³/mol. The van der Waals surface area contributed by atoms with Crippen LogP contribution in [0.25, 0.3) is 6.08 Å². The highest BCUT2D eigenvalue weighted by molar-refractivity contribution is 6.00. The topological polar surface area (TPSA) is 64.4 Å². The number of piperidine rings is 1. The highest BCUT2D eigenvalue weighted by Crippen LogP contribution is 2.44. The summed E-state index contributed by atoms with van der Waals surface area (Å²) in [6, 6.07) is 33.1. The van der Waals surface area contributed by atoms with E-state index in [4.69, 9.17) is 4.74 Å². The van der Waals surface area contributed by atoms with E-state index in [1.807, 2.05) is 39.0 Å². The standard InChI is InChI=1S/C33H33N3O3/c1-32(2,3)39-31(38)36-22-19-29(34-36)23-25-24-35(21-20-30(25)37)33(26-13-7-4-8-14-26,27-15-9-5-10-16-27)28-17-11-6-12-18-28/h4-19,22-23H,20-21,24H2,1-3H3/b25-23+. The van der Waals surface area contributed by atoms with Gasteiger partial charge in [0.25, 0.3) is 0 Å². The number of nitrogens with zero attached hydrogens (tertiary/aromatic N) is 3. The Morgan fingerprint density at radius 1 is 0.821 bits per heavy atom. The van der Waals surface area contributed by atoms with Crippen LogP contribution in [0.3, 0.4) is 0 Å². The third-order valence-electron chi connectivity index (χ3n) is 6.89. The second kappa shape index (κ2) is 10.8. The van der Waals surface area contributed by atoms with Crippen molar-refractivity contribution < 1.29 is 14.3 Å². The lowest BCUT2D eigenvalue weighted by molar-refractivity contribution is -0.117. The van der Waals surface area contributed by atoms with Gasteiger partial charge in [-0.1, -0.05) is 91.0 Å². The maximum atomic E-state index is 13.2. The molecule has 1 aliphatic heterocycles. The first kappa shape index (κ1) is 26.3. The summed E-state index contributed by atoms with van der Waals surface area (Å²) in [5, 5.41) is 4.38. The van der Waals surface area contributed by atoms with Crippen molar-refractivity contribution in [3.63, 3.8) is 0 Å². The summed E-state index contributed by atoms with van der Waals surface area (Å²) in [5.41, 5.74) is 3.34. The molecular weight excluding hydrogens is 486 g/mol. The molecule has 0 spiro atoms. The highest BCUT2D eigenvalue weighted by atomic mass is 16.6. The van der Waals surface area contributed by atoms with Crippen LogP contribution in [0.1, 0.15) is 49.6 Å². The molecule has 0 aliphatic carbocycles. The maximum absolute atomic E-state index is 13.2. The van der Waals surface area contributed by atoms with E-state index in [0.717, 1.165) is 16.7 Å². The summed E-state index contributed by atoms with van der Waals surface area (Å²) in [5.74, 6) is 0.0844. The molecule has 198 valence electrons. The number of carbonyl (C=O) groups is 2. The van der Waals surface area contributed by atoms with Gasteiger partial charge in [-0.15, -0.1) is 0 Å². The van der Waals surface area contributed by atoms with Crippen molar-refractivity contribution in [2.75, 3.05) is 13.1 Å². The van der Waals surface area contributed by atoms with Crippen molar-refractivity contribution in [1.82, 2.24) is 14.7 Å². The first-order valence-corrected chi connectivity index (χ1v) is 13.2. The monoisotopic (exact) mass is 519 g/mol. The van der Waals surface area contributed by atoms with Gasteiger partial charge in [0.05, 0.1) is 11.2 Å². The van der Waals surface area contributed by atoms with E-state index in [-0.39, 0.29) is 5.78 Å². The summed E-state index contributed by atoms with van der Waals surface area (Å²) < 4.78 is 6.59. The van der Waals surface area contributed by atoms with Crippen molar-refractivity contribution >= 4 is 18.0 Å². The highest BCUT2D eigenvalue weighted by Gasteiger charge is 2.44. The molecule has 0 N–H and O–H groups in total. The van der Waals surface area contributed by atoms with Gasteiger partial charge >= 0.3 is 6.09 Å². The molecule has 6 heteroatoms. The molecule has 6 nitrogen and oxygen atoms in total. The number of benzene rings is 3. The minimum Gasteiger partial charge on any atom is -0.442 e. The fourth-order valence-electron chi connectivity index (χ4n) is 5.27. The Hall–Kier alpha value is -4.29. The van der Waals surface area contributed by atoms with Gasteiger partial charge in [0, 0.05) is 31.3 Å². The average molecular weight is 520 g/mol. The first-order valence-electron chi connectivity index (χ1n) is 13.2. The molecule has 0 radical (unpaired) electrons. The number of hydrogen-bond acceptors (Lipinski definition) is 5. The summed E-state index contributed by atoms with van der Waals surface area (Å²) in [6.45, 7) is 6.46.